The summed E-state index contributed by atoms with van der Waals surface area (Å²) in [5.74, 6) is 0.845. The summed E-state index contributed by atoms with van der Waals surface area (Å²) in [5, 5.41) is 10.6. The zero-order chi connectivity index (χ0) is 11.8. The quantitative estimate of drug-likeness (QED) is 0.366. The molecular formula is C11H22IN5. The lowest BCUT2D eigenvalue weighted by Gasteiger charge is -2.10. The zero-order valence-corrected chi connectivity index (χ0v) is 13.1. The van der Waals surface area contributed by atoms with E-state index in [1.54, 1.807) is 11.7 Å². The van der Waals surface area contributed by atoms with Gasteiger partial charge in [0.2, 0.25) is 0 Å². The minimum absolute atomic E-state index is 0. The van der Waals surface area contributed by atoms with Crippen LogP contribution in [0, 0.1) is 0 Å². The van der Waals surface area contributed by atoms with E-state index < -0.39 is 0 Å². The number of aromatic nitrogens is 2. The molecule has 1 rings (SSSR count). The molecule has 0 aromatic carbocycles. The van der Waals surface area contributed by atoms with Crippen LogP contribution >= 0.6 is 24.0 Å². The van der Waals surface area contributed by atoms with E-state index in [0.29, 0.717) is 0 Å². The summed E-state index contributed by atoms with van der Waals surface area (Å²) in [4.78, 5) is 4.15. The van der Waals surface area contributed by atoms with Crippen molar-refractivity contribution in [2.45, 2.75) is 26.3 Å². The highest BCUT2D eigenvalue weighted by Crippen LogP contribution is 1.94. The number of guanidine groups is 1. The molecule has 0 amide bonds. The van der Waals surface area contributed by atoms with E-state index in [2.05, 4.69) is 27.6 Å². The molecule has 0 spiro atoms. The van der Waals surface area contributed by atoms with Gasteiger partial charge in [-0.25, -0.2) is 0 Å². The average molecular weight is 351 g/mol. The van der Waals surface area contributed by atoms with Gasteiger partial charge in [-0.05, 0) is 6.42 Å². The van der Waals surface area contributed by atoms with Gasteiger partial charge in [-0.3, -0.25) is 9.67 Å². The van der Waals surface area contributed by atoms with Gasteiger partial charge in [0.05, 0.1) is 6.20 Å². The van der Waals surface area contributed by atoms with E-state index in [4.69, 9.17) is 0 Å². The normalized spacial score (nSPS) is 10.9. The lowest BCUT2D eigenvalue weighted by molar-refractivity contribution is 0.728. The summed E-state index contributed by atoms with van der Waals surface area (Å²) in [5.41, 5.74) is 1.15. The molecule has 0 saturated heterocycles. The molecule has 0 radical (unpaired) electrons. The van der Waals surface area contributed by atoms with Crippen LogP contribution in [0.15, 0.2) is 17.4 Å². The highest BCUT2D eigenvalue weighted by atomic mass is 127. The average Bonchev–Trinajstić information content (AvgIpc) is 2.69. The van der Waals surface area contributed by atoms with Crippen molar-refractivity contribution in [2.75, 3.05) is 13.6 Å². The maximum Gasteiger partial charge on any atom is 0.191 e. The van der Waals surface area contributed by atoms with Crippen LogP contribution in [0.2, 0.25) is 0 Å². The number of hydrogen-bond donors (Lipinski definition) is 2. The molecule has 5 nitrogen and oxygen atoms in total. The van der Waals surface area contributed by atoms with Gasteiger partial charge in [0.25, 0.3) is 0 Å². The van der Waals surface area contributed by atoms with E-state index in [1.165, 1.54) is 6.42 Å². The topological polar surface area (TPSA) is 54.2 Å². The molecule has 0 aliphatic heterocycles. The van der Waals surface area contributed by atoms with Gasteiger partial charge in [0, 0.05) is 38.9 Å². The van der Waals surface area contributed by atoms with Crippen molar-refractivity contribution in [1.82, 2.24) is 20.4 Å². The third-order valence-corrected chi connectivity index (χ3v) is 2.26. The second-order valence-corrected chi connectivity index (χ2v) is 3.73. The number of aryl methyl sites for hydroxylation is 1. The van der Waals surface area contributed by atoms with Crippen LogP contribution in [-0.2, 0) is 13.6 Å². The van der Waals surface area contributed by atoms with Crippen molar-refractivity contribution < 1.29 is 0 Å². The Morgan fingerprint density at radius 1 is 1.47 bits per heavy atom. The molecule has 0 aliphatic rings. The molecule has 6 heteroatoms. The highest BCUT2D eigenvalue weighted by Gasteiger charge is 1.98. The number of nitrogens with one attached hydrogen (secondary N) is 2. The van der Waals surface area contributed by atoms with E-state index in [-0.39, 0.29) is 24.0 Å². The number of nitrogens with zero attached hydrogens (tertiary/aromatic N) is 3. The summed E-state index contributed by atoms with van der Waals surface area (Å²) in [6.07, 6.45) is 6.19. The minimum atomic E-state index is 0. The summed E-state index contributed by atoms with van der Waals surface area (Å²) in [6, 6.07) is 0. The second-order valence-electron chi connectivity index (χ2n) is 3.73. The standard InChI is InChI=1S/C11H21N5.HI/c1-4-5-6-13-11(12-2)14-7-10-8-15-16(3)9-10;/h8-9H,4-7H2,1-3H3,(H2,12,13,14);1H. The fraction of sp³-hybridized carbons (Fsp3) is 0.636. The number of hydrogen-bond acceptors (Lipinski definition) is 2. The number of unbranched alkanes of at least 4 members (excludes halogenated alkanes) is 1. The SMILES string of the molecule is CCCCNC(=NC)NCc1cnn(C)c1.I. The summed E-state index contributed by atoms with van der Waals surface area (Å²) < 4.78 is 1.80. The Hall–Kier alpha value is -0.790. The predicted molar refractivity (Wildman–Crippen MR) is 81.7 cm³/mol. The van der Waals surface area contributed by atoms with Gasteiger partial charge in [0.1, 0.15) is 0 Å². The Morgan fingerprint density at radius 2 is 2.24 bits per heavy atom. The van der Waals surface area contributed by atoms with Crippen molar-refractivity contribution >= 4 is 29.9 Å². The maximum absolute atomic E-state index is 4.15. The molecule has 2 N–H and O–H groups in total. The van der Waals surface area contributed by atoms with E-state index in [1.807, 2.05) is 19.4 Å². The molecule has 0 fully saturated rings. The molecule has 1 heterocycles. The first-order valence-corrected chi connectivity index (χ1v) is 5.68. The largest absolute Gasteiger partial charge is 0.356 e. The van der Waals surface area contributed by atoms with E-state index in [0.717, 1.165) is 31.0 Å². The van der Waals surface area contributed by atoms with Crippen LogP contribution in [0.4, 0.5) is 0 Å². The lowest BCUT2D eigenvalue weighted by atomic mass is 10.3. The second kappa shape index (κ2) is 9.26. The highest BCUT2D eigenvalue weighted by molar-refractivity contribution is 14.0. The first kappa shape index (κ1) is 16.2. The number of aliphatic imine (C=N–C) groups is 1. The summed E-state index contributed by atoms with van der Waals surface area (Å²) in [7, 11) is 3.70. The van der Waals surface area contributed by atoms with Gasteiger partial charge in [-0.1, -0.05) is 13.3 Å². The van der Waals surface area contributed by atoms with Crippen molar-refractivity contribution in [2.24, 2.45) is 12.0 Å². The molecule has 0 atom stereocenters. The number of rotatable bonds is 5. The molecule has 1 aromatic rings. The summed E-state index contributed by atoms with van der Waals surface area (Å²) >= 11 is 0. The van der Waals surface area contributed by atoms with Crippen molar-refractivity contribution in [1.29, 1.82) is 0 Å². The Kier molecular flexibility index (Phi) is 8.83. The Morgan fingerprint density at radius 3 is 2.76 bits per heavy atom. The fourth-order valence-corrected chi connectivity index (χ4v) is 1.35. The van der Waals surface area contributed by atoms with E-state index in [9.17, 15) is 0 Å². The van der Waals surface area contributed by atoms with Gasteiger partial charge in [-0.2, -0.15) is 5.10 Å². The molecule has 0 aliphatic carbocycles. The Balaban J connectivity index is 0.00000256. The minimum Gasteiger partial charge on any atom is -0.356 e. The van der Waals surface area contributed by atoms with Gasteiger partial charge < -0.3 is 10.6 Å². The van der Waals surface area contributed by atoms with Crippen LogP contribution in [-0.4, -0.2) is 29.3 Å². The van der Waals surface area contributed by atoms with Crippen LogP contribution in [0.1, 0.15) is 25.3 Å². The molecular weight excluding hydrogens is 329 g/mol. The van der Waals surface area contributed by atoms with Gasteiger partial charge in [-0.15, -0.1) is 24.0 Å². The molecule has 0 saturated carbocycles. The van der Waals surface area contributed by atoms with E-state index >= 15 is 0 Å². The molecule has 0 bridgehead atoms. The maximum atomic E-state index is 4.15. The smallest absolute Gasteiger partial charge is 0.191 e. The van der Waals surface area contributed by atoms with Crippen LogP contribution in [0.3, 0.4) is 0 Å². The van der Waals surface area contributed by atoms with Gasteiger partial charge >= 0.3 is 0 Å². The lowest BCUT2D eigenvalue weighted by Crippen LogP contribution is -2.37. The fourth-order valence-electron chi connectivity index (χ4n) is 1.35. The Labute approximate surface area is 120 Å². The van der Waals surface area contributed by atoms with Gasteiger partial charge in [0.15, 0.2) is 5.96 Å². The third kappa shape index (κ3) is 6.50. The molecule has 0 unspecified atom stereocenters. The molecule has 17 heavy (non-hydrogen) atoms. The van der Waals surface area contributed by atoms with Crippen LogP contribution in [0.5, 0.6) is 0 Å². The van der Waals surface area contributed by atoms with Crippen molar-refractivity contribution in [3.63, 3.8) is 0 Å². The first-order chi connectivity index (χ1) is 7.76. The summed E-state index contributed by atoms with van der Waals surface area (Å²) in [6.45, 7) is 3.89. The van der Waals surface area contributed by atoms with Crippen molar-refractivity contribution in [3.8, 4) is 0 Å². The molecule has 1 aromatic heterocycles. The molecule has 98 valence electrons. The third-order valence-electron chi connectivity index (χ3n) is 2.26. The zero-order valence-electron chi connectivity index (χ0n) is 10.7. The van der Waals surface area contributed by atoms with Crippen LogP contribution in [0.25, 0.3) is 0 Å². The van der Waals surface area contributed by atoms with Crippen molar-refractivity contribution in [3.05, 3.63) is 18.0 Å². The monoisotopic (exact) mass is 351 g/mol. The number of halogens is 1. The first-order valence-electron chi connectivity index (χ1n) is 5.68. The predicted octanol–water partition coefficient (Wildman–Crippen LogP) is 1.50. The Bertz CT molecular complexity index is 334. The van der Waals surface area contributed by atoms with Crippen LogP contribution < -0.4 is 10.6 Å².